The van der Waals surface area contributed by atoms with Crippen LogP contribution in [0.15, 0.2) is 18.2 Å². The van der Waals surface area contributed by atoms with Crippen molar-refractivity contribution < 1.29 is 19.1 Å². The van der Waals surface area contributed by atoms with E-state index in [-0.39, 0.29) is 11.6 Å². The van der Waals surface area contributed by atoms with E-state index in [1.807, 2.05) is 12.1 Å². The third-order valence-corrected chi connectivity index (χ3v) is 5.26. The predicted molar refractivity (Wildman–Crippen MR) is 109 cm³/mol. The number of methoxy groups -OCH3 is 2. The second-order valence-corrected chi connectivity index (χ2v) is 7.75. The molecule has 7 heteroatoms. The van der Waals surface area contributed by atoms with E-state index in [1.165, 1.54) is 13.5 Å². The highest BCUT2D eigenvalue weighted by atomic mass is 16.5. The summed E-state index contributed by atoms with van der Waals surface area (Å²) in [6, 6.07) is 5.45. The Balaban J connectivity index is 1.78. The van der Waals surface area contributed by atoms with Crippen LogP contribution in [0.5, 0.6) is 5.75 Å². The van der Waals surface area contributed by atoms with Gasteiger partial charge in [0.15, 0.2) is 0 Å². The van der Waals surface area contributed by atoms with Crippen LogP contribution in [-0.4, -0.2) is 55.6 Å². The molecule has 0 spiro atoms. The first-order valence-electron chi connectivity index (χ1n) is 9.72. The molecule has 0 bridgehead atoms. The maximum atomic E-state index is 12.7. The summed E-state index contributed by atoms with van der Waals surface area (Å²) in [6.45, 7) is 7.25. The van der Waals surface area contributed by atoms with Crippen molar-refractivity contribution in [3.63, 3.8) is 0 Å². The van der Waals surface area contributed by atoms with E-state index in [0.717, 1.165) is 13.1 Å². The quantitative estimate of drug-likeness (QED) is 0.743. The molecule has 2 aromatic rings. The van der Waals surface area contributed by atoms with Crippen LogP contribution in [0.25, 0.3) is 10.9 Å². The molecule has 3 rings (SSSR count). The van der Waals surface area contributed by atoms with E-state index >= 15 is 0 Å². The topological polar surface area (TPSA) is 83.7 Å². The third-order valence-electron chi connectivity index (χ3n) is 5.26. The molecule has 1 aliphatic heterocycles. The van der Waals surface area contributed by atoms with Gasteiger partial charge in [-0.25, -0.2) is 4.79 Å². The van der Waals surface area contributed by atoms with Gasteiger partial charge < -0.3 is 24.7 Å². The molecule has 1 amide bonds. The Bertz CT molecular complexity index is 851. The lowest BCUT2D eigenvalue weighted by molar-refractivity contribution is -0.116. The number of nitrogens with zero attached hydrogens (tertiary/aromatic N) is 1. The van der Waals surface area contributed by atoms with Crippen molar-refractivity contribution in [3.8, 4) is 5.75 Å². The van der Waals surface area contributed by atoms with E-state index < -0.39 is 5.97 Å². The van der Waals surface area contributed by atoms with Gasteiger partial charge >= 0.3 is 5.97 Å². The molecule has 1 aromatic carbocycles. The molecule has 0 unspecified atom stereocenters. The Hall–Kier alpha value is -2.54. The molecule has 1 fully saturated rings. The Kier molecular flexibility index (Phi) is 6.24. The third kappa shape index (κ3) is 4.30. The van der Waals surface area contributed by atoms with Gasteiger partial charge in [-0.15, -0.1) is 0 Å². The number of anilines is 1. The number of ether oxygens (including phenoxy) is 2. The van der Waals surface area contributed by atoms with Gasteiger partial charge in [-0.1, -0.05) is 19.9 Å². The summed E-state index contributed by atoms with van der Waals surface area (Å²) in [5.41, 5.74) is 1.33. The molecule has 28 heavy (non-hydrogen) atoms. The number of benzene rings is 1. The number of nitrogens with one attached hydrogen (secondary N) is 2. The van der Waals surface area contributed by atoms with Crippen LogP contribution < -0.4 is 10.1 Å². The fourth-order valence-corrected chi connectivity index (χ4v) is 4.20. The lowest BCUT2D eigenvalue weighted by atomic mass is 9.92. The van der Waals surface area contributed by atoms with Gasteiger partial charge in [0.1, 0.15) is 11.4 Å². The lowest BCUT2D eigenvalue weighted by Crippen LogP contribution is -2.40. The average molecular weight is 387 g/mol. The summed E-state index contributed by atoms with van der Waals surface area (Å²) in [4.78, 5) is 30.3. The van der Waals surface area contributed by atoms with Crippen molar-refractivity contribution in [2.75, 3.05) is 39.2 Å². The van der Waals surface area contributed by atoms with Crippen molar-refractivity contribution in [2.24, 2.45) is 11.8 Å². The SMILES string of the molecule is COC(=O)c1[nH]c2cccc(OC)c2c1NC(=O)CCN1C[C@H](C)C[C@H](C)C1. The highest BCUT2D eigenvalue weighted by molar-refractivity contribution is 6.12. The Labute approximate surface area is 165 Å². The standard InChI is InChI=1S/C21H29N3O4/c1-13-10-14(2)12-24(11-13)9-8-17(25)23-19-18-15(6-5-7-16(18)27-3)22-20(19)21(26)28-4/h5-7,13-14,22H,8-12H2,1-4H3,(H,23,25)/t13-,14+. The number of likely N-dealkylation sites (tertiary alicyclic amines) is 1. The molecule has 2 heterocycles. The van der Waals surface area contributed by atoms with Gasteiger partial charge in [0, 0.05) is 26.1 Å². The summed E-state index contributed by atoms with van der Waals surface area (Å²) in [6.07, 6.45) is 1.60. The average Bonchev–Trinajstić information content (AvgIpc) is 3.03. The monoisotopic (exact) mass is 387 g/mol. The Morgan fingerprint density at radius 3 is 2.57 bits per heavy atom. The number of piperidine rings is 1. The molecule has 1 aromatic heterocycles. The molecule has 152 valence electrons. The van der Waals surface area contributed by atoms with E-state index in [2.05, 4.69) is 29.0 Å². The molecule has 1 saturated heterocycles. The number of esters is 1. The van der Waals surface area contributed by atoms with Gasteiger partial charge in [-0.05, 0) is 30.4 Å². The summed E-state index contributed by atoms with van der Waals surface area (Å²) in [7, 11) is 2.87. The largest absolute Gasteiger partial charge is 0.496 e. The van der Waals surface area contributed by atoms with Crippen LogP contribution in [0.4, 0.5) is 5.69 Å². The number of rotatable bonds is 6. The molecule has 1 aliphatic rings. The van der Waals surface area contributed by atoms with Gasteiger partial charge in [-0.2, -0.15) is 0 Å². The minimum atomic E-state index is -0.535. The van der Waals surface area contributed by atoms with Crippen LogP contribution in [0.1, 0.15) is 37.2 Å². The van der Waals surface area contributed by atoms with Gasteiger partial charge in [0.05, 0.1) is 30.8 Å². The van der Waals surface area contributed by atoms with E-state index in [1.54, 1.807) is 13.2 Å². The van der Waals surface area contributed by atoms with Crippen LogP contribution in [0, 0.1) is 11.8 Å². The predicted octanol–water partition coefficient (Wildman–Crippen LogP) is 3.27. The minimum Gasteiger partial charge on any atom is -0.496 e. The number of H-pyrrole nitrogens is 1. The summed E-state index contributed by atoms with van der Waals surface area (Å²) < 4.78 is 10.3. The highest BCUT2D eigenvalue weighted by Gasteiger charge is 2.24. The second kappa shape index (κ2) is 8.65. The number of hydrogen-bond acceptors (Lipinski definition) is 5. The van der Waals surface area contributed by atoms with Crippen LogP contribution in [0.3, 0.4) is 0 Å². The van der Waals surface area contributed by atoms with Crippen molar-refractivity contribution >= 4 is 28.5 Å². The number of amides is 1. The second-order valence-electron chi connectivity index (χ2n) is 7.75. The molecule has 7 nitrogen and oxygen atoms in total. The van der Waals surface area contributed by atoms with E-state index in [4.69, 9.17) is 9.47 Å². The number of aromatic amines is 1. The van der Waals surface area contributed by atoms with Crippen molar-refractivity contribution in [1.29, 1.82) is 0 Å². The first-order chi connectivity index (χ1) is 13.4. The van der Waals surface area contributed by atoms with Gasteiger partial charge in [0.2, 0.25) is 5.91 Å². The molecule has 0 aliphatic carbocycles. The summed E-state index contributed by atoms with van der Waals surface area (Å²) >= 11 is 0. The fourth-order valence-electron chi connectivity index (χ4n) is 4.20. The summed E-state index contributed by atoms with van der Waals surface area (Å²) in [5.74, 6) is 1.21. The van der Waals surface area contributed by atoms with Crippen molar-refractivity contribution in [1.82, 2.24) is 9.88 Å². The Morgan fingerprint density at radius 1 is 1.21 bits per heavy atom. The zero-order valence-electron chi connectivity index (χ0n) is 17.0. The first-order valence-corrected chi connectivity index (χ1v) is 9.72. The van der Waals surface area contributed by atoms with Gasteiger partial charge in [0.25, 0.3) is 0 Å². The fraction of sp³-hybridized carbons (Fsp3) is 0.524. The van der Waals surface area contributed by atoms with E-state index in [9.17, 15) is 9.59 Å². The summed E-state index contributed by atoms with van der Waals surface area (Å²) in [5, 5.41) is 3.57. The highest BCUT2D eigenvalue weighted by Crippen LogP contribution is 2.35. The normalized spacial score (nSPS) is 20.1. The zero-order chi connectivity index (χ0) is 20.3. The smallest absolute Gasteiger partial charge is 0.356 e. The molecule has 2 N–H and O–H groups in total. The zero-order valence-corrected chi connectivity index (χ0v) is 17.0. The van der Waals surface area contributed by atoms with Gasteiger partial charge in [-0.3, -0.25) is 4.79 Å². The van der Waals surface area contributed by atoms with Crippen LogP contribution >= 0.6 is 0 Å². The van der Waals surface area contributed by atoms with Crippen molar-refractivity contribution in [3.05, 3.63) is 23.9 Å². The lowest BCUT2D eigenvalue weighted by Gasteiger charge is -2.34. The molecule has 0 saturated carbocycles. The Morgan fingerprint density at radius 2 is 1.93 bits per heavy atom. The molecular formula is C21H29N3O4. The maximum absolute atomic E-state index is 12.7. The molecule has 2 atom stereocenters. The number of fused-ring (bicyclic) bond motifs is 1. The molecule has 0 radical (unpaired) electrons. The number of hydrogen-bond donors (Lipinski definition) is 2. The molecular weight excluding hydrogens is 358 g/mol. The number of carbonyl (C=O) groups is 2. The maximum Gasteiger partial charge on any atom is 0.356 e. The van der Waals surface area contributed by atoms with Crippen molar-refractivity contribution in [2.45, 2.75) is 26.7 Å². The minimum absolute atomic E-state index is 0.136. The van der Waals surface area contributed by atoms with E-state index in [0.29, 0.717) is 47.1 Å². The number of carbonyl (C=O) groups excluding carboxylic acids is 2. The van der Waals surface area contributed by atoms with Crippen LogP contribution in [-0.2, 0) is 9.53 Å². The number of aromatic nitrogens is 1. The van der Waals surface area contributed by atoms with Crippen LogP contribution in [0.2, 0.25) is 0 Å². The first kappa shape index (κ1) is 20.2.